The third-order valence-electron chi connectivity index (χ3n) is 13.7. The quantitative estimate of drug-likeness (QED) is 0.0998. The van der Waals surface area contributed by atoms with Crippen LogP contribution in [-0.2, 0) is 0 Å². The van der Waals surface area contributed by atoms with Crippen molar-refractivity contribution in [3.05, 3.63) is 313 Å². The molecule has 4 nitrogen and oxygen atoms in total. The van der Waals surface area contributed by atoms with Crippen molar-refractivity contribution in [2.24, 2.45) is 4.99 Å². The molecular formula is C70H60N4. The Labute approximate surface area is 436 Å². The van der Waals surface area contributed by atoms with Crippen LogP contribution in [0.3, 0.4) is 0 Å². The number of nitrogens with zero attached hydrogens (tertiary/aromatic N) is 1. The van der Waals surface area contributed by atoms with Gasteiger partial charge < -0.3 is 10.6 Å². The van der Waals surface area contributed by atoms with Crippen molar-refractivity contribution in [2.75, 3.05) is 10.6 Å². The Morgan fingerprint density at radius 1 is 0.392 bits per heavy atom. The molecule has 0 spiro atoms. The summed E-state index contributed by atoms with van der Waals surface area (Å²) in [7, 11) is 0. The highest BCUT2D eigenvalue weighted by atomic mass is 15.2. The molecule has 12 rings (SSSR count). The molecule has 0 saturated carbocycles. The van der Waals surface area contributed by atoms with E-state index < -0.39 is 0 Å². The van der Waals surface area contributed by atoms with E-state index in [0.29, 0.717) is 0 Å². The minimum atomic E-state index is -0.228. The van der Waals surface area contributed by atoms with Crippen LogP contribution in [0.4, 0.5) is 11.4 Å². The van der Waals surface area contributed by atoms with Gasteiger partial charge in [0, 0.05) is 22.5 Å². The predicted octanol–water partition coefficient (Wildman–Crippen LogP) is 18.2. The van der Waals surface area contributed by atoms with Gasteiger partial charge in [0.25, 0.3) is 0 Å². The minimum absolute atomic E-state index is 0.0777. The summed E-state index contributed by atoms with van der Waals surface area (Å²) in [6, 6.07) is 87.1. The highest BCUT2D eigenvalue weighted by Crippen LogP contribution is 2.43. The first-order chi connectivity index (χ1) is 36.5. The maximum atomic E-state index is 5.65. The molecule has 0 aromatic heterocycles. The molecule has 0 saturated heterocycles. The molecule has 3 N–H and O–H groups in total. The van der Waals surface area contributed by atoms with Gasteiger partial charge in [-0.2, -0.15) is 0 Å². The second-order valence-corrected chi connectivity index (χ2v) is 18.4. The molecule has 0 radical (unpaired) electrons. The normalized spacial score (nSPS) is 15.3. The van der Waals surface area contributed by atoms with E-state index in [1.165, 1.54) is 66.6 Å². The van der Waals surface area contributed by atoms with Crippen LogP contribution in [0.15, 0.2) is 285 Å². The molecule has 0 fully saturated rings. The van der Waals surface area contributed by atoms with Gasteiger partial charge in [0.2, 0.25) is 0 Å². The van der Waals surface area contributed by atoms with Crippen LogP contribution in [0.25, 0.3) is 55.3 Å². The first kappa shape index (κ1) is 48.5. The topological polar surface area (TPSA) is 48.5 Å². The summed E-state index contributed by atoms with van der Waals surface area (Å²) in [5, 5.41) is 14.1. The lowest BCUT2D eigenvalue weighted by Gasteiger charge is -2.36. The molecule has 3 unspecified atom stereocenters. The van der Waals surface area contributed by atoms with E-state index in [-0.39, 0.29) is 18.2 Å². The number of anilines is 2. The number of hydrogen-bond donors (Lipinski definition) is 3. The van der Waals surface area contributed by atoms with Gasteiger partial charge in [-0.1, -0.05) is 232 Å². The summed E-state index contributed by atoms with van der Waals surface area (Å²) in [6.07, 6.45) is 7.09. The SMILES string of the molecule is C/C=C\C.C=CC=C.c1ccc(-c2cc(-c3ccccc3)cc(C3N=C(c4ccc(C5Nc6ccccc6C(c6cc(-c7ccccc7)cc(-c7ccccc7)c6)N5)c5ccccc45)Nc4ccccc43)c2)cc1. The van der Waals surface area contributed by atoms with Crippen molar-refractivity contribution in [2.45, 2.75) is 32.1 Å². The minimum Gasteiger partial charge on any atom is -0.366 e. The number of benzene rings is 10. The van der Waals surface area contributed by atoms with Gasteiger partial charge in [-0.15, -0.1) is 0 Å². The summed E-state index contributed by atoms with van der Waals surface area (Å²) < 4.78 is 0. The van der Waals surface area contributed by atoms with Crippen molar-refractivity contribution in [3.63, 3.8) is 0 Å². The number of rotatable bonds is 9. The van der Waals surface area contributed by atoms with Gasteiger partial charge in [0.15, 0.2) is 0 Å². The van der Waals surface area contributed by atoms with E-state index in [9.17, 15) is 0 Å². The van der Waals surface area contributed by atoms with Crippen LogP contribution in [-0.4, -0.2) is 5.84 Å². The molecule has 3 atom stereocenters. The summed E-state index contributed by atoms with van der Waals surface area (Å²) >= 11 is 0. The van der Waals surface area contributed by atoms with Crippen LogP contribution in [0.5, 0.6) is 0 Å². The zero-order chi connectivity index (χ0) is 50.6. The Morgan fingerprint density at radius 2 is 0.824 bits per heavy atom. The second-order valence-electron chi connectivity index (χ2n) is 18.4. The fourth-order valence-electron chi connectivity index (χ4n) is 9.97. The third-order valence-corrected chi connectivity index (χ3v) is 13.7. The number of hydrogen-bond acceptors (Lipinski definition) is 4. The molecular weight excluding hydrogens is 897 g/mol. The van der Waals surface area contributed by atoms with Crippen molar-refractivity contribution in [1.29, 1.82) is 0 Å². The van der Waals surface area contributed by atoms with Crippen molar-refractivity contribution in [1.82, 2.24) is 5.32 Å². The molecule has 0 aliphatic carbocycles. The first-order valence-corrected chi connectivity index (χ1v) is 25.4. The van der Waals surface area contributed by atoms with E-state index >= 15 is 0 Å². The van der Waals surface area contributed by atoms with Gasteiger partial charge in [0.1, 0.15) is 18.0 Å². The lowest BCUT2D eigenvalue weighted by Crippen LogP contribution is -2.37. The average Bonchev–Trinajstić information content (AvgIpc) is 3.49. The summed E-state index contributed by atoms with van der Waals surface area (Å²) in [5.74, 6) is 0.853. The second kappa shape index (κ2) is 23.0. The van der Waals surface area contributed by atoms with Gasteiger partial charge in [-0.25, -0.2) is 0 Å². The summed E-state index contributed by atoms with van der Waals surface area (Å²) in [6.45, 7) is 10.7. The van der Waals surface area contributed by atoms with Gasteiger partial charge in [-0.3, -0.25) is 10.3 Å². The molecule has 4 heteroatoms. The number of amidine groups is 1. The Balaban J connectivity index is 0.000000733. The summed E-state index contributed by atoms with van der Waals surface area (Å²) in [4.78, 5) is 5.65. The van der Waals surface area contributed by atoms with Crippen LogP contribution in [0.2, 0.25) is 0 Å². The van der Waals surface area contributed by atoms with E-state index in [1.54, 1.807) is 12.2 Å². The van der Waals surface area contributed by atoms with Gasteiger partial charge >= 0.3 is 0 Å². The highest BCUT2D eigenvalue weighted by molar-refractivity contribution is 6.17. The van der Waals surface area contributed by atoms with E-state index in [0.717, 1.165) is 39.3 Å². The monoisotopic (exact) mass is 956 g/mol. The first-order valence-electron chi connectivity index (χ1n) is 25.4. The molecule has 2 aliphatic rings. The smallest absolute Gasteiger partial charge is 0.134 e. The predicted molar refractivity (Wildman–Crippen MR) is 316 cm³/mol. The zero-order valence-corrected chi connectivity index (χ0v) is 42.0. The van der Waals surface area contributed by atoms with Gasteiger partial charge in [0.05, 0.1) is 6.04 Å². The largest absolute Gasteiger partial charge is 0.366 e. The van der Waals surface area contributed by atoms with E-state index in [4.69, 9.17) is 4.99 Å². The van der Waals surface area contributed by atoms with Crippen molar-refractivity contribution in [3.8, 4) is 44.5 Å². The standard InChI is InChI=1S/C62H46N4.C4H8.C4H6/c1-5-19-41(20-6-1)45-35-46(42-21-7-2-8-22-42)38-49(37-45)59-55-29-15-17-31-57(55)63-61(65-59)53-33-34-54(52-28-14-13-27-51(52)53)62-64-58-32-18-16-30-56(58)60(66-62)50-39-47(43-23-9-3-10-24-43)36-48(40-50)44-25-11-4-12-26-44;2*1-3-4-2/h1-40,59-61,63,65H,(H,64,66);3-4H,1-2H3;3-4H,1-2H2/b;4-3-;. The Kier molecular flexibility index (Phi) is 15.1. The van der Waals surface area contributed by atoms with Crippen LogP contribution in [0, 0.1) is 0 Å². The molecule has 2 heterocycles. The fraction of sp³-hybridized carbons (Fsp3) is 0.0714. The lowest BCUT2D eigenvalue weighted by molar-refractivity contribution is 0.509. The zero-order valence-electron chi connectivity index (χ0n) is 42.0. The Bertz CT molecular complexity index is 3470. The highest BCUT2D eigenvalue weighted by Gasteiger charge is 2.31. The van der Waals surface area contributed by atoms with Gasteiger partial charge in [-0.05, 0) is 140 Å². The van der Waals surface area contributed by atoms with Crippen molar-refractivity contribution < 1.29 is 0 Å². The Morgan fingerprint density at radius 3 is 1.32 bits per heavy atom. The maximum Gasteiger partial charge on any atom is 0.134 e. The van der Waals surface area contributed by atoms with Crippen LogP contribution in [0.1, 0.15) is 65.5 Å². The van der Waals surface area contributed by atoms with E-state index in [1.807, 2.05) is 26.0 Å². The number of allylic oxidation sites excluding steroid dienone is 4. The van der Waals surface area contributed by atoms with Crippen LogP contribution >= 0.6 is 0 Å². The molecule has 2 aliphatic heterocycles. The lowest BCUT2D eigenvalue weighted by atomic mass is 9.88. The average molecular weight is 957 g/mol. The molecule has 10 aromatic carbocycles. The van der Waals surface area contributed by atoms with Crippen molar-refractivity contribution >= 4 is 28.0 Å². The van der Waals surface area contributed by atoms with Crippen LogP contribution < -0.4 is 16.0 Å². The Hall–Kier alpha value is -9.09. The number of aliphatic imine (C=N–C) groups is 1. The molecule has 0 bridgehead atoms. The molecule has 0 amide bonds. The number of para-hydroxylation sites is 2. The maximum absolute atomic E-state index is 5.65. The fourth-order valence-corrected chi connectivity index (χ4v) is 9.97. The molecule has 360 valence electrons. The number of nitrogens with one attached hydrogen (secondary N) is 3. The number of fused-ring (bicyclic) bond motifs is 3. The molecule has 10 aromatic rings. The van der Waals surface area contributed by atoms with E-state index in [2.05, 4.69) is 272 Å². The summed E-state index contributed by atoms with van der Waals surface area (Å²) in [5.41, 5.74) is 18.6. The molecule has 74 heavy (non-hydrogen) atoms. The third kappa shape index (κ3) is 10.6.